The third-order valence-electron chi connectivity index (χ3n) is 4.17. The van der Waals surface area contributed by atoms with Gasteiger partial charge in [0.2, 0.25) is 0 Å². The lowest BCUT2D eigenvalue weighted by molar-refractivity contribution is 0.214. The van der Waals surface area contributed by atoms with Gasteiger partial charge in [-0.1, -0.05) is 11.6 Å². The summed E-state index contributed by atoms with van der Waals surface area (Å²) in [7, 11) is 2.13. The van der Waals surface area contributed by atoms with Crippen molar-refractivity contribution in [3.63, 3.8) is 0 Å². The Hall–Kier alpha value is -1.03. The van der Waals surface area contributed by atoms with Crippen molar-refractivity contribution in [2.75, 3.05) is 26.7 Å². The molecule has 0 aromatic rings. The zero-order valence-electron chi connectivity index (χ0n) is 12.1. The van der Waals surface area contributed by atoms with E-state index < -0.39 is 0 Å². The molecule has 2 rings (SSSR count). The van der Waals surface area contributed by atoms with Gasteiger partial charge >= 0.3 is 6.03 Å². The van der Waals surface area contributed by atoms with E-state index in [1.807, 2.05) is 0 Å². The molecule has 1 fully saturated rings. The van der Waals surface area contributed by atoms with Crippen molar-refractivity contribution in [2.24, 2.45) is 0 Å². The van der Waals surface area contributed by atoms with Crippen molar-refractivity contribution in [1.29, 1.82) is 0 Å². The molecule has 0 atom stereocenters. The van der Waals surface area contributed by atoms with Crippen LogP contribution >= 0.6 is 0 Å². The number of hydrogen-bond donors (Lipinski definition) is 2. The SMILES string of the molecule is CN1CCC(NC(=O)NCCC2=CCCCC2)CC1. The van der Waals surface area contributed by atoms with E-state index >= 15 is 0 Å². The molecule has 0 aromatic heterocycles. The van der Waals surface area contributed by atoms with Crippen molar-refractivity contribution in [3.05, 3.63) is 11.6 Å². The van der Waals surface area contributed by atoms with Gasteiger partial charge in [0.15, 0.2) is 0 Å². The Balaban J connectivity index is 1.58. The standard InChI is InChI=1S/C15H27N3O/c1-18-11-8-14(9-12-18)17-15(19)16-10-7-13-5-3-2-4-6-13/h5,14H,2-4,6-12H2,1H3,(H2,16,17,19). The van der Waals surface area contributed by atoms with Crippen LogP contribution in [-0.2, 0) is 0 Å². The van der Waals surface area contributed by atoms with E-state index in [2.05, 4.69) is 28.7 Å². The van der Waals surface area contributed by atoms with E-state index in [4.69, 9.17) is 0 Å². The summed E-state index contributed by atoms with van der Waals surface area (Å²) in [6.07, 6.45) is 10.6. The van der Waals surface area contributed by atoms with Crippen molar-refractivity contribution in [2.45, 2.75) is 51.0 Å². The molecule has 4 nitrogen and oxygen atoms in total. The van der Waals surface area contributed by atoms with Crippen LogP contribution in [0.1, 0.15) is 44.9 Å². The number of piperidine rings is 1. The predicted molar refractivity (Wildman–Crippen MR) is 78.2 cm³/mol. The molecular formula is C15H27N3O. The molecule has 0 spiro atoms. The zero-order valence-corrected chi connectivity index (χ0v) is 12.1. The van der Waals surface area contributed by atoms with Gasteiger partial charge in [-0.15, -0.1) is 0 Å². The first-order chi connectivity index (χ1) is 9.24. The van der Waals surface area contributed by atoms with Crippen LogP contribution in [0, 0.1) is 0 Å². The second kappa shape index (κ2) is 7.53. The first-order valence-electron chi connectivity index (χ1n) is 7.65. The Morgan fingerprint density at radius 2 is 2.16 bits per heavy atom. The van der Waals surface area contributed by atoms with Crippen LogP contribution in [0.4, 0.5) is 4.79 Å². The number of likely N-dealkylation sites (tertiary alicyclic amines) is 1. The minimum atomic E-state index is 0.00552. The quantitative estimate of drug-likeness (QED) is 0.766. The van der Waals surface area contributed by atoms with E-state index in [0.717, 1.165) is 38.9 Å². The lowest BCUT2D eigenvalue weighted by Gasteiger charge is -2.29. The monoisotopic (exact) mass is 265 g/mol. The number of allylic oxidation sites excluding steroid dienone is 1. The smallest absolute Gasteiger partial charge is 0.315 e. The van der Waals surface area contributed by atoms with Gasteiger partial charge in [-0.3, -0.25) is 0 Å². The number of urea groups is 1. The highest BCUT2D eigenvalue weighted by Crippen LogP contribution is 2.19. The summed E-state index contributed by atoms with van der Waals surface area (Å²) >= 11 is 0. The summed E-state index contributed by atoms with van der Waals surface area (Å²) in [5, 5.41) is 6.06. The number of hydrogen-bond acceptors (Lipinski definition) is 2. The van der Waals surface area contributed by atoms with Crippen molar-refractivity contribution in [3.8, 4) is 0 Å². The summed E-state index contributed by atoms with van der Waals surface area (Å²) in [5.74, 6) is 0. The lowest BCUT2D eigenvalue weighted by atomic mass is 9.97. The second-order valence-electron chi connectivity index (χ2n) is 5.84. The highest BCUT2D eigenvalue weighted by Gasteiger charge is 2.18. The largest absolute Gasteiger partial charge is 0.338 e. The number of amides is 2. The maximum absolute atomic E-state index is 11.8. The van der Waals surface area contributed by atoms with Crippen LogP contribution in [0.5, 0.6) is 0 Å². The molecule has 19 heavy (non-hydrogen) atoms. The van der Waals surface area contributed by atoms with Gasteiger partial charge in [0.05, 0.1) is 0 Å². The molecule has 1 saturated heterocycles. The van der Waals surface area contributed by atoms with Gasteiger partial charge in [0, 0.05) is 12.6 Å². The number of rotatable bonds is 4. The van der Waals surface area contributed by atoms with Gasteiger partial charge in [-0.2, -0.15) is 0 Å². The summed E-state index contributed by atoms with van der Waals surface area (Å²) in [5.41, 5.74) is 1.52. The van der Waals surface area contributed by atoms with E-state index in [0.29, 0.717) is 6.04 Å². The van der Waals surface area contributed by atoms with Gasteiger partial charge in [0.1, 0.15) is 0 Å². The highest BCUT2D eigenvalue weighted by atomic mass is 16.2. The zero-order chi connectivity index (χ0) is 13.5. The fourth-order valence-electron chi connectivity index (χ4n) is 2.86. The number of carbonyl (C=O) groups excluding carboxylic acids is 1. The summed E-state index contributed by atoms with van der Waals surface area (Å²) < 4.78 is 0. The molecule has 1 aliphatic carbocycles. The van der Waals surface area contributed by atoms with Crippen LogP contribution in [0.15, 0.2) is 11.6 Å². The van der Waals surface area contributed by atoms with Crippen LogP contribution in [0.2, 0.25) is 0 Å². The highest BCUT2D eigenvalue weighted by molar-refractivity contribution is 5.74. The summed E-state index contributed by atoms with van der Waals surface area (Å²) in [6.45, 7) is 2.93. The molecule has 108 valence electrons. The van der Waals surface area contributed by atoms with Crippen molar-refractivity contribution >= 4 is 6.03 Å². The second-order valence-corrected chi connectivity index (χ2v) is 5.84. The predicted octanol–water partition coefficient (Wildman–Crippen LogP) is 2.27. The van der Waals surface area contributed by atoms with Crippen molar-refractivity contribution < 1.29 is 4.79 Å². The molecule has 4 heteroatoms. The molecule has 0 radical (unpaired) electrons. The van der Waals surface area contributed by atoms with E-state index in [-0.39, 0.29) is 6.03 Å². The van der Waals surface area contributed by atoms with E-state index in [9.17, 15) is 4.79 Å². The Morgan fingerprint density at radius 3 is 2.84 bits per heavy atom. The van der Waals surface area contributed by atoms with Crippen molar-refractivity contribution in [1.82, 2.24) is 15.5 Å². The molecule has 2 aliphatic rings. The maximum atomic E-state index is 11.8. The number of nitrogens with zero attached hydrogens (tertiary/aromatic N) is 1. The normalized spacial score (nSPS) is 21.8. The minimum absolute atomic E-state index is 0.00552. The summed E-state index contributed by atoms with van der Waals surface area (Å²) in [6, 6.07) is 0.357. The fourth-order valence-corrected chi connectivity index (χ4v) is 2.86. The molecular weight excluding hydrogens is 238 g/mol. The molecule has 0 saturated carbocycles. The number of carbonyl (C=O) groups is 1. The Bertz CT molecular complexity index is 319. The Labute approximate surface area is 116 Å². The molecule has 0 unspecified atom stereocenters. The Morgan fingerprint density at radius 1 is 1.37 bits per heavy atom. The molecule has 0 aromatic carbocycles. The fraction of sp³-hybridized carbons (Fsp3) is 0.800. The minimum Gasteiger partial charge on any atom is -0.338 e. The van der Waals surface area contributed by atoms with Gasteiger partial charge in [-0.05, 0) is 65.1 Å². The van der Waals surface area contributed by atoms with E-state index in [1.54, 1.807) is 0 Å². The first kappa shape index (κ1) is 14.4. The van der Waals surface area contributed by atoms with Crippen LogP contribution in [0.25, 0.3) is 0 Å². The van der Waals surface area contributed by atoms with Crippen LogP contribution in [-0.4, -0.2) is 43.7 Å². The average molecular weight is 265 g/mol. The molecule has 2 amide bonds. The third-order valence-corrected chi connectivity index (χ3v) is 4.17. The topological polar surface area (TPSA) is 44.4 Å². The lowest BCUT2D eigenvalue weighted by Crippen LogP contribution is -2.47. The van der Waals surface area contributed by atoms with Gasteiger partial charge in [0.25, 0.3) is 0 Å². The molecule has 1 heterocycles. The third kappa shape index (κ3) is 5.23. The van der Waals surface area contributed by atoms with Crippen LogP contribution in [0.3, 0.4) is 0 Å². The first-order valence-corrected chi connectivity index (χ1v) is 7.65. The Kier molecular flexibility index (Phi) is 5.70. The van der Waals surface area contributed by atoms with E-state index in [1.165, 1.54) is 31.3 Å². The van der Waals surface area contributed by atoms with Gasteiger partial charge < -0.3 is 15.5 Å². The maximum Gasteiger partial charge on any atom is 0.315 e. The van der Waals surface area contributed by atoms with Crippen LogP contribution < -0.4 is 10.6 Å². The average Bonchev–Trinajstić information content (AvgIpc) is 2.43. The molecule has 0 bridgehead atoms. The molecule has 2 N–H and O–H groups in total. The summed E-state index contributed by atoms with van der Waals surface area (Å²) in [4.78, 5) is 14.1. The number of nitrogens with one attached hydrogen (secondary N) is 2. The van der Waals surface area contributed by atoms with Gasteiger partial charge in [-0.25, -0.2) is 4.79 Å². The molecule has 1 aliphatic heterocycles.